The third kappa shape index (κ3) is 2.59. The maximum atomic E-state index is 13.4. The van der Waals surface area contributed by atoms with E-state index in [1.165, 1.54) is 0 Å². The van der Waals surface area contributed by atoms with Crippen molar-refractivity contribution >= 4 is 17.5 Å². The summed E-state index contributed by atoms with van der Waals surface area (Å²) in [6.07, 6.45) is 0. The van der Waals surface area contributed by atoms with Gasteiger partial charge in [0.2, 0.25) is 11.8 Å². The topological polar surface area (TPSA) is 58.2 Å². The number of hydrogen-bond acceptors (Lipinski definition) is 2. The van der Waals surface area contributed by atoms with Crippen LogP contribution in [0.1, 0.15) is 35.6 Å². The van der Waals surface area contributed by atoms with Crippen molar-refractivity contribution in [2.75, 3.05) is 5.32 Å². The van der Waals surface area contributed by atoms with Gasteiger partial charge in [0.15, 0.2) is 0 Å². The van der Waals surface area contributed by atoms with Crippen molar-refractivity contribution in [3.05, 3.63) is 102 Å². The van der Waals surface area contributed by atoms with Crippen LogP contribution in [0.2, 0.25) is 0 Å². The van der Waals surface area contributed by atoms with Crippen molar-refractivity contribution in [2.24, 2.45) is 5.92 Å². The number of hydrogen-bond donors (Lipinski definition) is 2. The number of amides is 2. The van der Waals surface area contributed by atoms with E-state index >= 15 is 0 Å². The van der Waals surface area contributed by atoms with Crippen LogP contribution >= 0.6 is 0 Å². The first kappa shape index (κ1) is 17.7. The quantitative estimate of drug-likeness (QED) is 0.712. The number of carbonyl (C=O) groups is 2. The van der Waals surface area contributed by atoms with E-state index in [-0.39, 0.29) is 23.8 Å². The number of anilines is 1. The molecule has 1 aliphatic heterocycles. The summed E-state index contributed by atoms with van der Waals surface area (Å²) in [6, 6.07) is 27.4. The minimum absolute atomic E-state index is 0.0814. The molecule has 1 saturated carbocycles. The van der Waals surface area contributed by atoms with Gasteiger partial charge in [-0.25, -0.2) is 0 Å². The van der Waals surface area contributed by atoms with E-state index < -0.39 is 11.3 Å². The van der Waals surface area contributed by atoms with E-state index in [4.69, 9.17) is 0 Å². The Hall–Kier alpha value is -3.40. The second-order valence-electron chi connectivity index (χ2n) is 7.88. The van der Waals surface area contributed by atoms with Crippen LogP contribution in [-0.2, 0) is 15.0 Å². The molecule has 4 heteroatoms. The zero-order chi connectivity index (χ0) is 20.0. The lowest BCUT2D eigenvalue weighted by atomic mass is 9.91. The normalized spacial score (nSPS) is 25.2. The number of rotatable bonds is 4. The van der Waals surface area contributed by atoms with Gasteiger partial charge in [-0.2, -0.15) is 0 Å². The van der Waals surface area contributed by atoms with Crippen LogP contribution in [0, 0.1) is 5.92 Å². The maximum Gasteiger partial charge on any atom is 0.236 e. The van der Waals surface area contributed by atoms with E-state index in [9.17, 15) is 9.59 Å². The zero-order valence-electron chi connectivity index (χ0n) is 16.1. The molecule has 0 bridgehead atoms. The fourth-order valence-corrected chi connectivity index (χ4v) is 4.91. The van der Waals surface area contributed by atoms with Gasteiger partial charge in [0.1, 0.15) is 0 Å². The third-order valence-corrected chi connectivity index (χ3v) is 6.30. The summed E-state index contributed by atoms with van der Waals surface area (Å²) in [7, 11) is 0. The Labute approximate surface area is 170 Å². The Bertz CT molecular complexity index is 1080. The van der Waals surface area contributed by atoms with Gasteiger partial charge >= 0.3 is 0 Å². The van der Waals surface area contributed by atoms with Gasteiger partial charge in [-0.3, -0.25) is 9.59 Å². The highest BCUT2D eigenvalue weighted by atomic mass is 16.2. The molecule has 0 saturated heterocycles. The van der Waals surface area contributed by atoms with Crippen LogP contribution in [0.25, 0.3) is 0 Å². The predicted octanol–water partition coefficient (Wildman–Crippen LogP) is 4.17. The van der Waals surface area contributed by atoms with Gasteiger partial charge in [-0.1, -0.05) is 78.9 Å². The van der Waals surface area contributed by atoms with Crippen molar-refractivity contribution in [3.8, 4) is 0 Å². The summed E-state index contributed by atoms with van der Waals surface area (Å²) in [5.74, 6) is -0.767. The van der Waals surface area contributed by atoms with Gasteiger partial charge in [-0.15, -0.1) is 0 Å². The molecule has 2 amide bonds. The monoisotopic (exact) mass is 382 g/mol. The Morgan fingerprint density at radius 1 is 0.931 bits per heavy atom. The molecular formula is C25H22N2O2. The molecule has 4 nitrogen and oxygen atoms in total. The minimum Gasteiger partial charge on any atom is -0.349 e. The molecule has 4 atom stereocenters. The van der Waals surface area contributed by atoms with Crippen molar-refractivity contribution in [1.82, 2.24) is 5.32 Å². The van der Waals surface area contributed by atoms with Gasteiger partial charge in [0.05, 0.1) is 17.4 Å². The van der Waals surface area contributed by atoms with Gasteiger partial charge in [-0.05, 0) is 29.7 Å². The average Bonchev–Trinajstić information content (AvgIpc) is 3.38. The minimum atomic E-state index is -0.835. The molecule has 1 fully saturated rings. The molecule has 0 radical (unpaired) electrons. The van der Waals surface area contributed by atoms with Crippen LogP contribution in [-0.4, -0.2) is 11.8 Å². The van der Waals surface area contributed by atoms with Crippen LogP contribution in [0.5, 0.6) is 0 Å². The highest BCUT2D eigenvalue weighted by Gasteiger charge is 2.76. The Morgan fingerprint density at radius 2 is 1.55 bits per heavy atom. The molecule has 2 aliphatic rings. The summed E-state index contributed by atoms with van der Waals surface area (Å²) in [5, 5.41) is 6.14. The van der Waals surface area contributed by atoms with Gasteiger partial charge in [0.25, 0.3) is 0 Å². The van der Waals surface area contributed by atoms with Crippen molar-refractivity contribution in [1.29, 1.82) is 0 Å². The molecule has 2 N–H and O–H groups in total. The first-order valence-electron chi connectivity index (χ1n) is 9.95. The zero-order valence-corrected chi connectivity index (χ0v) is 16.1. The van der Waals surface area contributed by atoms with E-state index in [1.807, 2.05) is 91.9 Å². The number of para-hydroxylation sites is 1. The molecule has 1 spiro atoms. The first-order valence-corrected chi connectivity index (χ1v) is 9.95. The summed E-state index contributed by atoms with van der Waals surface area (Å²) < 4.78 is 0. The largest absolute Gasteiger partial charge is 0.349 e. The molecule has 3 aromatic carbocycles. The van der Waals surface area contributed by atoms with Crippen LogP contribution in [0.3, 0.4) is 0 Å². The lowest BCUT2D eigenvalue weighted by molar-refractivity contribution is -0.126. The molecule has 1 aliphatic carbocycles. The molecule has 144 valence electrons. The highest BCUT2D eigenvalue weighted by molar-refractivity contribution is 6.14. The molecule has 0 unspecified atom stereocenters. The van der Waals surface area contributed by atoms with E-state index in [0.29, 0.717) is 0 Å². The molecule has 5 rings (SSSR count). The number of benzene rings is 3. The second-order valence-corrected chi connectivity index (χ2v) is 7.88. The van der Waals surface area contributed by atoms with Gasteiger partial charge < -0.3 is 10.6 Å². The lowest BCUT2D eigenvalue weighted by Gasteiger charge is -2.15. The Balaban J connectivity index is 1.52. The fraction of sp³-hybridized carbons (Fsp3) is 0.200. The van der Waals surface area contributed by atoms with Crippen LogP contribution in [0.4, 0.5) is 5.69 Å². The average molecular weight is 382 g/mol. The first-order chi connectivity index (χ1) is 14.1. The summed E-state index contributed by atoms with van der Waals surface area (Å²) in [4.78, 5) is 26.6. The Kier molecular flexibility index (Phi) is 4.02. The number of fused-ring (bicyclic) bond motifs is 2. The molecule has 1 heterocycles. The van der Waals surface area contributed by atoms with Crippen molar-refractivity contribution in [2.45, 2.75) is 24.3 Å². The van der Waals surface area contributed by atoms with E-state index in [1.54, 1.807) is 0 Å². The number of carbonyl (C=O) groups excluding carboxylic acids is 2. The van der Waals surface area contributed by atoms with E-state index in [2.05, 4.69) is 10.6 Å². The third-order valence-electron chi connectivity index (χ3n) is 6.30. The molecule has 29 heavy (non-hydrogen) atoms. The van der Waals surface area contributed by atoms with Crippen LogP contribution in [0.15, 0.2) is 84.9 Å². The predicted molar refractivity (Wildman–Crippen MR) is 112 cm³/mol. The van der Waals surface area contributed by atoms with E-state index in [0.717, 1.165) is 22.4 Å². The standard InChI is InChI=1S/C25H22N2O2/c1-16(17-10-4-2-5-11-17)26-23(28)22-21(18-12-6-3-7-13-18)25(22)19-14-8-9-15-20(19)27-24(25)29/h2-16,21-22H,1H3,(H,26,28)(H,27,29)/t16-,21+,22-,25+/m0/s1. The Morgan fingerprint density at radius 3 is 2.28 bits per heavy atom. The summed E-state index contributed by atoms with van der Waals surface area (Å²) in [5.41, 5.74) is 2.96. The highest BCUT2D eigenvalue weighted by Crippen LogP contribution is 2.69. The smallest absolute Gasteiger partial charge is 0.236 e. The molecule has 0 aromatic heterocycles. The van der Waals surface area contributed by atoms with Crippen LogP contribution < -0.4 is 10.6 Å². The van der Waals surface area contributed by atoms with Crippen molar-refractivity contribution in [3.63, 3.8) is 0 Å². The van der Waals surface area contributed by atoms with Crippen molar-refractivity contribution < 1.29 is 9.59 Å². The molecule has 3 aromatic rings. The number of nitrogens with one attached hydrogen (secondary N) is 2. The summed E-state index contributed by atoms with van der Waals surface area (Å²) in [6.45, 7) is 1.97. The van der Waals surface area contributed by atoms with Gasteiger partial charge in [0, 0.05) is 11.6 Å². The lowest BCUT2D eigenvalue weighted by Crippen LogP contribution is -2.33. The maximum absolute atomic E-state index is 13.4. The summed E-state index contributed by atoms with van der Waals surface area (Å²) >= 11 is 0. The SMILES string of the molecule is C[C@H](NC(=O)[C@@H]1[C@@H](c2ccccc2)[C@@]12C(=O)Nc1ccccc12)c1ccccc1. The molecular weight excluding hydrogens is 360 g/mol. The second kappa shape index (κ2) is 6.59. The fourth-order valence-electron chi connectivity index (χ4n) is 4.91.